The van der Waals surface area contributed by atoms with Crippen LogP contribution in [0.2, 0.25) is 5.02 Å². The zero-order valence-corrected chi connectivity index (χ0v) is 22.0. The van der Waals surface area contributed by atoms with Gasteiger partial charge in [0.1, 0.15) is 5.82 Å². The maximum absolute atomic E-state index is 13.2. The first kappa shape index (κ1) is 25.8. The third kappa shape index (κ3) is 5.76. The molecule has 2 aromatic heterocycles. The Kier molecular flexibility index (Phi) is 7.75. The minimum atomic E-state index is -3.99. The van der Waals surface area contributed by atoms with Gasteiger partial charge in [-0.25, -0.2) is 18.4 Å². The Morgan fingerprint density at radius 2 is 1.69 bits per heavy atom. The number of halogens is 1. The van der Waals surface area contributed by atoms with Crippen LogP contribution in [0.3, 0.4) is 0 Å². The molecule has 4 rings (SSSR count). The van der Waals surface area contributed by atoms with Crippen LogP contribution in [0.4, 0.5) is 11.8 Å². The van der Waals surface area contributed by atoms with Crippen LogP contribution < -0.4 is 15.5 Å². The number of hydrogen-bond acceptors (Lipinski definition) is 8. The van der Waals surface area contributed by atoms with Gasteiger partial charge in [-0.3, -0.25) is 4.79 Å². The monoisotopic (exact) mass is 528 g/mol. The summed E-state index contributed by atoms with van der Waals surface area (Å²) in [4.78, 5) is 28.1. The number of aromatic nitrogens is 3. The van der Waals surface area contributed by atoms with Gasteiger partial charge in [-0.15, -0.1) is 0 Å². The number of hydrogen-bond donors (Lipinski definition) is 2. The van der Waals surface area contributed by atoms with Crippen molar-refractivity contribution >= 4 is 39.1 Å². The number of pyridine rings is 1. The van der Waals surface area contributed by atoms with Crippen molar-refractivity contribution in [2.75, 3.05) is 24.3 Å². The molecule has 1 amide bonds. The summed E-state index contributed by atoms with van der Waals surface area (Å²) >= 11 is 5.89. The highest BCUT2D eigenvalue weighted by molar-refractivity contribution is 7.91. The summed E-state index contributed by atoms with van der Waals surface area (Å²) in [5.74, 6) is 1.00. The zero-order valence-electron chi connectivity index (χ0n) is 20.4. The summed E-state index contributed by atoms with van der Waals surface area (Å²) in [5.41, 5.74) is 1.03. The fourth-order valence-corrected chi connectivity index (χ4v) is 5.78. The van der Waals surface area contributed by atoms with Crippen LogP contribution in [0.5, 0.6) is 0 Å². The molecule has 0 aliphatic heterocycles. The van der Waals surface area contributed by atoms with Gasteiger partial charge in [0.05, 0.1) is 10.5 Å². The fourth-order valence-electron chi connectivity index (χ4n) is 4.29. The quantitative estimate of drug-likeness (QED) is 0.474. The lowest BCUT2D eigenvalue weighted by Crippen LogP contribution is -2.40. The van der Waals surface area contributed by atoms with Gasteiger partial charge in [0.2, 0.25) is 15.8 Å². The molecular formula is C25H29ClN6O3S. The number of carbonyl (C=O) groups excluding carboxylic acids is 1. The highest BCUT2D eigenvalue weighted by Gasteiger charge is 2.28. The number of anilines is 2. The minimum Gasteiger partial charge on any atom is -0.362 e. The van der Waals surface area contributed by atoms with E-state index in [9.17, 15) is 13.2 Å². The maximum Gasteiger partial charge on any atom is 0.254 e. The van der Waals surface area contributed by atoms with Crippen molar-refractivity contribution in [3.05, 3.63) is 64.9 Å². The Labute approximate surface area is 216 Å². The molecule has 0 radical (unpaired) electrons. The molecule has 2 heterocycles. The molecule has 1 aliphatic rings. The molecule has 1 aliphatic carbocycles. The highest BCUT2D eigenvalue weighted by atomic mass is 35.5. The van der Waals surface area contributed by atoms with E-state index in [1.165, 1.54) is 36.5 Å². The van der Waals surface area contributed by atoms with Crippen LogP contribution in [0, 0.1) is 6.92 Å². The third-order valence-corrected chi connectivity index (χ3v) is 8.14. The van der Waals surface area contributed by atoms with E-state index in [2.05, 4.69) is 25.6 Å². The van der Waals surface area contributed by atoms with E-state index >= 15 is 0 Å². The van der Waals surface area contributed by atoms with Crippen molar-refractivity contribution < 1.29 is 13.2 Å². The SMILES string of the molecule is Cc1cnc(N[C@H]2CC[C@@H](NC(=O)c3cccnc3S(=O)(=O)c3ccc(Cl)cc3)CC2)nc1N(C)C. The first-order valence-corrected chi connectivity index (χ1v) is 13.6. The summed E-state index contributed by atoms with van der Waals surface area (Å²) in [6.45, 7) is 1.97. The molecule has 0 atom stereocenters. The largest absolute Gasteiger partial charge is 0.362 e. The smallest absolute Gasteiger partial charge is 0.254 e. The fraction of sp³-hybridized carbons (Fsp3) is 0.360. The molecule has 0 spiro atoms. The number of rotatable bonds is 7. The van der Waals surface area contributed by atoms with Gasteiger partial charge in [0.25, 0.3) is 5.91 Å². The van der Waals surface area contributed by atoms with Crippen molar-refractivity contribution in [2.45, 2.75) is 54.6 Å². The van der Waals surface area contributed by atoms with Gasteiger partial charge in [0.15, 0.2) is 5.03 Å². The maximum atomic E-state index is 13.2. The van der Waals surface area contributed by atoms with Crippen LogP contribution in [-0.2, 0) is 9.84 Å². The molecule has 36 heavy (non-hydrogen) atoms. The average Bonchev–Trinajstić information content (AvgIpc) is 2.86. The number of amides is 1. The number of aryl methyl sites for hydroxylation is 1. The van der Waals surface area contributed by atoms with Crippen molar-refractivity contribution in [3.63, 3.8) is 0 Å². The van der Waals surface area contributed by atoms with Crippen molar-refractivity contribution in [1.82, 2.24) is 20.3 Å². The first-order chi connectivity index (χ1) is 17.1. The van der Waals surface area contributed by atoms with E-state index in [1.54, 1.807) is 12.3 Å². The van der Waals surface area contributed by atoms with Gasteiger partial charge >= 0.3 is 0 Å². The number of nitrogens with one attached hydrogen (secondary N) is 2. The standard InChI is InChI=1S/C25H29ClN6O3S/c1-16-15-28-25(31-22(16)32(2)3)30-19-10-8-18(9-11-19)29-23(33)21-5-4-14-27-24(21)36(34,35)20-12-6-17(26)7-13-20/h4-7,12-15,18-19H,8-11H2,1-3H3,(H,29,33)(H,28,30,31)/t18-,19+. The summed E-state index contributed by atoms with van der Waals surface area (Å²) in [6.07, 6.45) is 6.31. The number of carbonyl (C=O) groups is 1. The van der Waals surface area contributed by atoms with E-state index in [1.807, 2.05) is 25.9 Å². The highest BCUT2D eigenvalue weighted by Crippen LogP contribution is 2.26. The van der Waals surface area contributed by atoms with Gasteiger partial charge < -0.3 is 15.5 Å². The molecule has 0 bridgehead atoms. The number of sulfone groups is 1. The van der Waals surface area contributed by atoms with Gasteiger partial charge in [-0.1, -0.05) is 11.6 Å². The Morgan fingerprint density at radius 3 is 2.36 bits per heavy atom. The predicted molar refractivity (Wildman–Crippen MR) is 139 cm³/mol. The topological polar surface area (TPSA) is 117 Å². The van der Waals surface area contributed by atoms with E-state index in [0.717, 1.165) is 37.1 Å². The molecule has 11 heteroatoms. The van der Waals surface area contributed by atoms with E-state index < -0.39 is 15.7 Å². The normalized spacial score (nSPS) is 17.9. The van der Waals surface area contributed by atoms with Crippen LogP contribution >= 0.6 is 11.6 Å². The molecule has 1 fully saturated rings. The summed E-state index contributed by atoms with van der Waals surface area (Å²) in [5, 5.41) is 6.55. The Bertz CT molecular complexity index is 1340. The van der Waals surface area contributed by atoms with Crippen LogP contribution in [0.15, 0.2) is 58.7 Å². The average molecular weight is 529 g/mol. The molecule has 3 aromatic rings. The molecule has 190 valence electrons. The molecule has 9 nitrogen and oxygen atoms in total. The lowest BCUT2D eigenvalue weighted by molar-refractivity contribution is 0.0922. The van der Waals surface area contributed by atoms with Gasteiger partial charge in [0, 0.05) is 49.2 Å². The summed E-state index contributed by atoms with van der Waals surface area (Å²) in [6, 6.07) is 8.95. The second-order valence-electron chi connectivity index (χ2n) is 9.07. The molecule has 0 unspecified atom stereocenters. The number of nitrogens with zero attached hydrogens (tertiary/aromatic N) is 4. The van der Waals surface area contributed by atoms with Crippen molar-refractivity contribution in [1.29, 1.82) is 0 Å². The van der Waals surface area contributed by atoms with E-state index in [4.69, 9.17) is 11.6 Å². The summed E-state index contributed by atoms with van der Waals surface area (Å²) < 4.78 is 26.3. The minimum absolute atomic E-state index is 0.0250. The molecular weight excluding hydrogens is 500 g/mol. The Morgan fingerprint density at radius 1 is 1.03 bits per heavy atom. The molecule has 0 saturated heterocycles. The number of benzene rings is 1. The predicted octanol–water partition coefficient (Wildman–Crippen LogP) is 3.89. The molecule has 2 N–H and O–H groups in total. The Hall–Kier alpha value is -3.24. The van der Waals surface area contributed by atoms with E-state index in [-0.39, 0.29) is 27.6 Å². The van der Waals surface area contributed by atoms with Crippen LogP contribution in [0.25, 0.3) is 0 Å². The molecule has 1 saturated carbocycles. The lowest BCUT2D eigenvalue weighted by atomic mass is 9.91. The van der Waals surface area contributed by atoms with E-state index in [0.29, 0.717) is 11.0 Å². The zero-order chi connectivity index (χ0) is 25.9. The molecule has 1 aromatic carbocycles. The summed E-state index contributed by atoms with van der Waals surface area (Å²) in [7, 11) is -0.0948. The van der Waals surface area contributed by atoms with Gasteiger partial charge in [-0.05, 0) is 69.0 Å². The van der Waals surface area contributed by atoms with Crippen LogP contribution in [0.1, 0.15) is 41.6 Å². The van der Waals surface area contributed by atoms with Crippen LogP contribution in [-0.4, -0.2) is 55.5 Å². The first-order valence-electron chi connectivity index (χ1n) is 11.7. The van der Waals surface area contributed by atoms with Crippen molar-refractivity contribution in [3.8, 4) is 0 Å². The second kappa shape index (κ2) is 10.8. The van der Waals surface area contributed by atoms with Gasteiger partial charge in [-0.2, -0.15) is 4.98 Å². The third-order valence-electron chi connectivity index (χ3n) is 6.16. The Balaban J connectivity index is 1.40. The lowest BCUT2D eigenvalue weighted by Gasteiger charge is -2.30. The van der Waals surface area contributed by atoms with Crippen molar-refractivity contribution in [2.24, 2.45) is 0 Å². The second-order valence-corrected chi connectivity index (χ2v) is 11.4.